The van der Waals surface area contributed by atoms with Gasteiger partial charge in [-0.1, -0.05) is 30.3 Å². The third-order valence-corrected chi connectivity index (χ3v) is 6.12. The summed E-state index contributed by atoms with van der Waals surface area (Å²) >= 11 is 1.72. The lowest BCUT2D eigenvalue weighted by Gasteiger charge is -2.22. The van der Waals surface area contributed by atoms with Crippen LogP contribution in [0, 0.1) is 5.82 Å². The summed E-state index contributed by atoms with van der Waals surface area (Å²) in [5, 5.41) is 4.01. The van der Waals surface area contributed by atoms with Gasteiger partial charge in [-0.25, -0.2) is 9.37 Å². The molecule has 1 atom stereocenters. The number of hydrogen-bond acceptors (Lipinski definition) is 4. The minimum absolute atomic E-state index is 0.0145. The molecule has 0 aliphatic carbocycles. The SMILES string of the molecule is O=C(CN1CCC[C@H]1c1nc2ccccc2s1)NCCc1ccccc1F. The van der Waals surface area contributed by atoms with Crippen molar-refractivity contribution < 1.29 is 9.18 Å². The molecule has 0 unspecified atom stereocenters. The zero-order valence-electron chi connectivity index (χ0n) is 15.0. The van der Waals surface area contributed by atoms with Crippen molar-refractivity contribution in [2.45, 2.75) is 25.3 Å². The number of fused-ring (bicyclic) bond motifs is 1. The van der Waals surface area contributed by atoms with E-state index in [0.717, 1.165) is 29.9 Å². The number of rotatable bonds is 6. The molecular formula is C21H22FN3OS. The summed E-state index contributed by atoms with van der Waals surface area (Å²) in [6.07, 6.45) is 2.60. The normalized spacial score (nSPS) is 17.4. The Morgan fingerprint density at radius 3 is 2.89 bits per heavy atom. The number of amides is 1. The number of para-hydroxylation sites is 1. The third-order valence-electron chi connectivity index (χ3n) is 4.98. The van der Waals surface area contributed by atoms with Crippen LogP contribution in [0.5, 0.6) is 0 Å². The molecule has 1 aliphatic rings. The Bertz CT molecular complexity index is 909. The van der Waals surface area contributed by atoms with Gasteiger partial charge in [-0.3, -0.25) is 9.69 Å². The monoisotopic (exact) mass is 383 g/mol. The van der Waals surface area contributed by atoms with Crippen molar-refractivity contribution in [1.29, 1.82) is 0 Å². The van der Waals surface area contributed by atoms with E-state index in [1.807, 2.05) is 24.3 Å². The summed E-state index contributed by atoms with van der Waals surface area (Å²) in [6, 6.07) is 15.0. The first-order chi connectivity index (χ1) is 13.2. The first kappa shape index (κ1) is 18.1. The Morgan fingerprint density at radius 2 is 2.04 bits per heavy atom. The van der Waals surface area contributed by atoms with Crippen LogP contribution in [0.15, 0.2) is 48.5 Å². The molecule has 4 nitrogen and oxygen atoms in total. The van der Waals surface area contributed by atoms with Gasteiger partial charge in [0.25, 0.3) is 0 Å². The van der Waals surface area contributed by atoms with E-state index in [1.165, 1.54) is 10.8 Å². The molecule has 2 heterocycles. The van der Waals surface area contributed by atoms with Gasteiger partial charge in [-0.15, -0.1) is 11.3 Å². The van der Waals surface area contributed by atoms with Crippen LogP contribution in [0.25, 0.3) is 10.2 Å². The number of aromatic nitrogens is 1. The molecule has 3 aromatic rings. The van der Waals surface area contributed by atoms with Crippen LogP contribution in [-0.4, -0.2) is 35.4 Å². The topological polar surface area (TPSA) is 45.2 Å². The number of thiazole rings is 1. The van der Waals surface area contributed by atoms with E-state index in [2.05, 4.69) is 16.3 Å². The third kappa shape index (κ3) is 4.17. The van der Waals surface area contributed by atoms with Gasteiger partial charge in [-0.2, -0.15) is 0 Å². The van der Waals surface area contributed by atoms with Crippen LogP contribution in [0.4, 0.5) is 4.39 Å². The van der Waals surface area contributed by atoms with E-state index in [9.17, 15) is 9.18 Å². The van der Waals surface area contributed by atoms with Crippen molar-refractivity contribution in [1.82, 2.24) is 15.2 Å². The van der Waals surface area contributed by atoms with Crippen molar-refractivity contribution in [3.63, 3.8) is 0 Å². The number of carbonyl (C=O) groups excluding carboxylic acids is 1. The summed E-state index contributed by atoms with van der Waals surface area (Å²) in [4.78, 5) is 19.3. The molecule has 4 rings (SSSR count). The van der Waals surface area contributed by atoms with E-state index in [0.29, 0.717) is 25.1 Å². The second-order valence-corrected chi connectivity index (χ2v) is 7.90. The van der Waals surface area contributed by atoms with Gasteiger partial charge < -0.3 is 5.32 Å². The van der Waals surface area contributed by atoms with Crippen LogP contribution in [0.3, 0.4) is 0 Å². The van der Waals surface area contributed by atoms with Gasteiger partial charge in [0.05, 0.1) is 22.8 Å². The van der Waals surface area contributed by atoms with Gasteiger partial charge in [0.2, 0.25) is 5.91 Å². The molecule has 140 valence electrons. The number of carbonyl (C=O) groups is 1. The Morgan fingerprint density at radius 1 is 1.22 bits per heavy atom. The maximum atomic E-state index is 13.6. The van der Waals surface area contributed by atoms with Crippen LogP contribution >= 0.6 is 11.3 Å². The number of benzene rings is 2. The number of nitrogens with zero attached hydrogens (tertiary/aromatic N) is 2. The predicted molar refractivity (Wildman–Crippen MR) is 106 cm³/mol. The van der Waals surface area contributed by atoms with E-state index in [-0.39, 0.29) is 17.8 Å². The fraction of sp³-hybridized carbons (Fsp3) is 0.333. The summed E-state index contributed by atoms with van der Waals surface area (Å²) < 4.78 is 14.8. The quantitative estimate of drug-likeness (QED) is 0.701. The molecule has 0 bridgehead atoms. The highest BCUT2D eigenvalue weighted by atomic mass is 32.1. The lowest BCUT2D eigenvalue weighted by atomic mass is 10.1. The number of halogens is 1. The van der Waals surface area contributed by atoms with Crippen molar-refractivity contribution >= 4 is 27.5 Å². The first-order valence-electron chi connectivity index (χ1n) is 9.30. The molecular weight excluding hydrogens is 361 g/mol. The molecule has 0 radical (unpaired) electrons. The fourth-order valence-corrected chi connectivity index (χ4v) is 4.74. The van der Waals surface area contributed by atoms with Gasteiger partial charge in [0.1, 0.15) is 10.8 Å². The van der Waals surface area contributed by atoms with E-state index >= 15 is 0 Å². The second kappa shape index (κ2) is 8.15. The highest BCUT2D eigenvalue weighted by Crippen LogP contribution is 2.36. The maximum Gasteiger partial charge on any atom is 0.234 e. The Balaban J connectivity index is 1.34. The summed E-state index contributed by atoms with van der Waals surface area (Å²) in [5.74, 6) is -0.235. The largest absolute Gasteiger partial charge is 0.355 e. The van der Waals surface area contributed by atoms with Crippen LogP contribution in [0.1, 0.15) is 29.5 Å². The zero-order chi connectivity index (χ0) is 18.6. The minimum Gasteiger partial charge on any atom is -0.355 e. The molecule has 1 aliphatic heterocycles. The fourth-order valence-electron chi connectivity index (χ4n) is 3.61. The molecule has 1 fully saturated rings. The summed E-state index contributed by atoms with van der Waals surface area (Å²) in [6.45, 7) is 1.71. The Hall–Kier alpha value is -2.31. The number of nitrogens with one attached hydrogen (secondary N) is 1. The highest BCUT2D eigenvalue weighted by molar-refractivity contribution is 7.18. The maximum absolute atomic E-state index is 13.6. The van der Waals surface area contributed by atoms with Crippen molar-refractivity contribution in [3.05, 3.63) is 64.9 Å². The van der Waals surface area contributed by atoms with E-state index in [1.54, 1.807) is 23.5 Å². The van der Waals surface area contributed by atoms with Gasteiger partial charge >= 0.3 is 0 Å². The predicted octanol–water partition coefficient (Wildman–Crippen LogP) is 3.93. The van der Waals surface area contributed by atoms with E-state index < -0.39 is 0 Å². The smallest absolute Gasteiger partial charge is 0.234 e. The molecule has 6 heteroatoms. The summed E-state index contributed by atoms with van der Waals surface area (Å²) in [5.41, 5.74) is 1.66. The second-order valence-electron chi connectivity index (χ2n) is 6.84. The zero-order valence-corrected chi connectivity index (χ0v) is 15.8. The average molecular weight is 383 g/mol. The van der Waals surface area contributed by atoms with Crippen LogP contribution < -0.4 is 5.32 Å². The Kier molecular flexibility index (Phi) is 5.45. The standard InChI is InChI=1S/C21H22FN3OS/c22-16-7-2-1-6-15(16)11-12-23-20(26)14-25-13-5-9-18(25)21-24-17-8-3-4-10-19(17)27-21/h1-4,6-8,10,18H,5,9,11-14H2,(H,23,26)/t18-/m0/s1. The van der Waals surface area contributed by atoms with Gasteiger partial charge in [0.15, 0.2) is 0 Å². The number of hydrogen-bond donors (Lipinski definition) is 1. The van der Waals surface area contributed by atoms with Crippen LogP contribution in [0.2, 0.25) is 0 Å². The van der Waals surface area contributed by atoms with Crippen LogP contribution in [-0.2, 0) is 11.2 Å². The number of likely N-dealkylation sites (tertiary alicyclic amines) is 1. The Labute approximate surface area is 162 Å². The molecule has 1 amide bonds. The first-order valence-corrected chi connectivity index (χ1v) is 10.1. The van der Waals surface area contributed by atoms with Crippen molar-refractivity contribution in [2.24, 2.45) is 0 Å². The van der Waals surface area contributed by atoms with E-state index in [4.69, 9.17) is 4.98 Å². The molecule has 1 aromatic heterocycles. The molecule has 1 saturated heterocycles. The van der Waals surface area contributed by atoms with Gasteiger partial charge in [-0.05, 0) is 49.6 Å². The molecule has 27 heavy (non-hydrogen) atoms. The molecule has 1 N–H and O–H groups in total. The average Bonchev–Trinajstić information content (AvgIpc) is 3.29. The molecule has 2 aromatic carbocycles. The summed E-state index contributed by atoms with van der Waals surface area (Å²) in [7, 11) is 0. The highest BCUT2D eigenvalue weighted by Gasteiger charge is 2.29. The lowest BCUT2D eigenvalue weighted by molar-refractivity contribution is -0.122. The van der Waals surface area contributed by atoms with Gasteiger partial charge in [0, 0.05) is 6.54 Å². The van der Waals surface area contributed by atoms with Crippen molar-refractivity contribution in [2.75, 3.05) is 19.6 Å². The molecule has 0 saturated carbocycles. The lowest BCUT2D eigenvalue weighted by Crippen LogP contribution is -2.37. The van der Waals surface area contributed by atoms with Crippen molar-refractivity contribution in [3.8, 4) is 0 Å². The molecule has 0 spiro atoms. The minimum atomic E-state index is -0.220.